The smallest absolute Gasteiger partial charge is 0.318 e. The molecule has 0 spiro atoms. The summed E-state index contributed by atoms with van der Waals surface area (Å²) < 4.78 is 12.6. The molecule has 3 nitrogen and oxygen atoms in total. The Morgan fingerprint density at radius 2 is 1.50 bits per heavy atom. The van der Waals surface area contributed by atoms with E-state index in [-0.39, 0.29) is 24.3 Å². The molecule has 0 saturated heterocycles. The summed E-state index contributed by atoms with van der Waals surface area (Å²) in [6.07, 6.45) is 17.1. The van der Waals surface area contributed by atoms with Gasteiger partial charge in [-0.25, -0.2) is 0 Å². The Labute approximate surface area is 160 Å². The summed E-state index contributed by atoms with van der Waals surface area (Å²) in [5.74, 6) is 0.414. The molecule has 3 heteroatoms. The Morgan fingerprint density at radius 1 is 0.962 bits per heavy atom. The van der Waals surface area contributed by atoms with E-state index in [0.29, 0.717) is 5.92 Å². The van der Waals surface area contributed by atoms with Crippen molar-refractivity contribution in [2.75, 3.05) is 0 Å². The third-order valence-corrected chi connectivity index (χ3v) is 6.54. The first kappa shape index (κ1) is 21.5. The van der Waals surface area contributed by atoms with E-state index in [9.17, 15) is 4.79 Å². The first-order valence-electron chi connectivity index (χ1n) is 11.0. The molecule has 0 N–H and O–H groups in total. The van der Waals surface area contributed by atoms with Crippen molar-refractivity contribution in [1.82, 2.24) is 0 Å². The number of hydrogen-bond acceptors (Lipinski definition) is 3. The number of rotatable bonds is 7. The molecule has 0 aromatic rings. The van der Waals surface area contributed by atoms with E-state index in [1.165, 1.54) is 44.9 Å². The van der Waals surface area contributed by atoms with E-state index in [1.54, 1.807) is 0 Å². The fourth-order valence-electron chi connectivity index (χ4n) is 4.28. The molecule has 2 unspecified atom stereocenters. The van der Waals surface area contributed by atoms with Crippen molar-refractivity contribution in [3.8, 4) is 0 Å². The van der Waals surface area contributed by atoms with Crippen LogP contribution in [-0.4, -0.2) is 18.4 Å². The van der Waals surface area contributed by atoms with Crippen molar-refractivity contribution in [3.63, 3.8) is 0 Å². The summed E-state index contributed by atoms with van der Waals surface area (Å²) in [7, 11) is 0. The third kappa shape index (κ3) is 5.84. The van der Waals surface area contributed by atoms with Gasteiger partial charge in [0.05, 0.1) is 11.5 Å². The Hall–Kier alpha value is -0.830. The molecule has 2 aliphatic carbocycles. The van der Waals surface area contributed by atoms with Crippen molar-refractivity contribution in [2.24, 2.45) is 17.3 Å². The van der Waals surface area contributed by atoms with E-state index in [4.69, 9.17) is 9.47 Å². The van der Waals surface area contributed by atoms with E-state index in [1.807, 2.05) is 26.0 Å². The summed E-state index contributed by atoms with van der Waals surface area (Å²) in [5, 5.41) is 0. The third-order valence-electron chi connectivity index (χ3n) is 6.54. The maximum atomic E-state index is 13.1. The standard InChI is InChI=1S/C23H40O3/c1-5-17-23(4,18(2)3)22(24)26-21(19-13-9-6-7-10-14-19)25-20-15-11-8-12-16-20/h5,17-21H,6-16H2,1-4H3/b17-5+. The van der Waals surface area contributed by atoms with Gasteiger partial charge in [-0.15, -0.1) is 0 Å². The molecule has 150 valence electrons. The first-order chi connectivity index (χ1) is 12.5. The van der Waals surface area contributed by atoms with Crippen molar-refractivity contribution in [2.45, 2.75) is 111 Å². The second-order valence-electron chi connectivity index (χ2n) is 8.86. The molecule has 0 aromatic heterocycles. The zero-order chi connectivity index (χ0) is 19.0. The van der Waals surface area contributed by atoms with Crippen LogP contribution in [0.25, 0.3) is 0 Å². The highest BCUT2D eigenvalue weighted by Gasteiger charge is 2.39. The van der Waals surface area contributed by atoms with E-state index >= 15 is 0 Å². The maximum absolute atomic E-state index is 13.1. The summed E-state index contributed by atoms with van der Waals surface area (Å²) in [6, 6.07) is 0. The molecular formula is C23H40O3. The second kappa shape index (κ2) is 10.5. The van der Waals surface area contributed by atoms with Crippen LogP contribution in [0.15, 0.2) is 12.2 Å². The summed E-state index contributed by atoms with van der Waals surface area (Å²) in [4.78, 5) is 13.1. The molecule has 2 saturated carbocycles. The number of allylic oxidation sites excluding steroid dienone is 1. The highest BCUT2D eigenvalue weighted by Crippen LogP contribution is 2.35. The van der Waals surface area contributed by atoms with Crippen molar-refractivity contribution in [3.05, 3.63) is 12.2 Å². The van der Waals surface area contributed by atoms with Crippen LogP contribution in [0.4, 0.5) is 0 Å². The van der Waals surface area contributed by atoms with Gasteiger partial charge in [0.1, 0.15) is 0 Å². The maximum Gasteiger partial charge on any atom is 0.318 e. The number of carbonyl (C=O) groups is 1. The molecular weight excluding hydrogens is 324 g/mol. The zero-order valence-electron chi connectivity index (χ0n) is 17.5. The second-order valence-corrected chi connectivity index (χ2v) is 8.86. The lowest BCUT2D eigenvalue weighted by molar-refractivity contribution is -0.217. The average Bonchev–Trinajstić information content (AvgIpc) is 2.91. The van der Waals surface area contributed by atoms with Crippen LogP contribution in [0.3, 0.4) is 0 Å². The van der Waals surface area contributed by atoms with E-state index in [0.717, 1.165) is 25.7 Å². The number of esters is 1. The van der Waals surface area contributed by atoms with Gasteiger partial charge in [-0.05, 0) is 45.4 Å². The van der Waals surface area contributed by atoms with Crippen molar-refractivity contribution >= 4 is 5.97 Å². The summed E-state index contributed by atoms with van der Waals surface area (Å²) >= 11 is 0. The van der Waals surface area contributed by atoms with Gasteiger partial charge >= 0.3 is 5.97 Å². The average molecular weight is 365 g/mol. The van der Waals surface area contributed by atoms with E-state index < -0.39 is 5.41 Å². The van der Waals surface area contributed by atoms with Crippen LogP contribution in [0.1, 0.15) is 98.3 Å². The molecule has 0 heterocycles. The lowest BCUT2D eigenvalue weighted by Crippen LogP contribution is -2.40. The normalized spacial score (nSPS) is 24.3. The summed E-state index contributed by atoms with van der Waals surface area (Å²) in [6.45, 7) is 8.13. The van der Waals surface area contributed by atoms with Crippen LogP contribution in [0.5, 0.6) is 0 Å². The highest BCUT2D eigenvalue weighted by atomic mass is 16.7. The minimum atomic E-state index is -0.590. The lowest BCUT2D eigenvalue weighted by atomic mass is 9.79. The monoisotopic (exact) mass is 364 g/mol. The Balaban J connectivity index is 2.11. The minimum absolute atomic E-state index is 0.129. The molecule has 2 aliphatic rings. The predicted octanol–water partition coefficient (Wildman–Crippen LogP) is 6.41. The van der Waals surface area contributed by atoms with Gasteiger partial charge in [-0.1, -0.05) is 70.9 Å². The van der Waals surface area contributed by atoms with Crippen LogP contribution >= 0.6 is 0 Å². The molecule has 2 fully saturated rings. The Kier molecular flexibility index (Phi) is 8.66. The number of carbonyl (C=O) groups excluding carboxylic acids is 1. The van der Waals surface area contributed by atoms with Crippen molar-refractivity contribution < 1.29 is 14.3 Å². The van der Waals surface area contributed by atoms with Crippen LogP contribution in [-0.2, 0) is 14.3 Å². The molecule has 0 amide bonds. The molecule has 2 atom stereocenters. The highest BCUT2D eigenvalue weighted by molar-refractivity contribution is 5.79. The van der Waals surface area contributed by atoms with Gasteiger partial charge in [-0.2, -0.15) is 0 Å². The Bertz CT molecular complexity index is 442. The Morgan fingerprint density at radius 3 is 2.04 bits per heavy atom. The predicted molar refractivity (Wildman–Crippen MR) is 107 cm³/mol. The van der Waals surface area contributed by atoms with Crippen LogP contribution in [0.2, 0.25) is 0 Å². The number of hydrogen-bond donors (Lipinski definition) is 0. The molecule has 0 radical (unpaired) electrons. The fraction of sp³-hybridized carbons (Fsp3) is 0.870. The van der Waals surface area contributed by atoms with Crippen LogP contribution < -0.4 is 0 Å². The largest absolute Gasteiger partial charge is 0.435 e. The lowest BCUT2D eigenvalue weighted by Gasteiger charge is -2.35. The van der Waals surface area contributed by atoms with Gasteiger partial charge in [-0.3, -0.25) is 4.79 Å². The van der Waals surface area contributed by atoms with Gasteiger partial charge < -0.3 is 9.47 Å². The number of ether oxygens (including phenoxy) is 2. The van der Waals surface area contributed by atoms with Gasteiger partial charge in [0.2, 0.25) is 6.29 Å². The van der Waals surface area contributed by atoms with Crippen molar-refractivity contribution in [1.29, 1.82) is 0 Å². The summed E-state index contributed by atoms with van der Waals surface area (Å²) in [5.41, 5.74) is -0.590. The SMILES string of the molecule is C/C=C/C(C)(C(=O)OC(OC1CCCCC1)C1CCCCCC1)C(C)C. The molecule has 0 aromatic carbocycles. The quantitative estimate of drug-likeness (QED) is 0.226. The van der Waals surface area contributed by atoms with Gasteiger partial charge in [0.15, 0.2) is 0 Å². The fourth-order valence-corrected chi connectivity index (χ4v) is 4.28. The zero-order valence-corrected chi connectivity index (χ0v) is 17.5. The van der Waals surface area contributed by atoms with E-state index in [2.05, 4.69) is 13.8 Å². The first-order valence-corrected chi connectivity index (χ1v) is 11.0. The van der Waals surface area contributed by atoms with Crippen LogP contribution in [0, 0.1) is 17.3 Å². The molecule has 26 heavy (non-hydrogen) atoms. The molecule has 0 bridgehead atoms. The van der Waals surface area contributed by atoms with Gasteiger partial charge in [0, 0.05) is 5.92 Å². The minimum Gasteiger partial charge on any atom is -0.435 e. The molecule has 2 rings (SSSR count). The topological polar surface area (TPSA) is 35.5 Å². The molecule has 0 aliphatic heterocycles. The van der Waals surface area contributed by atoms with Gasteiger partial charge in [0.25, 0.3) is 0 Å².